The number of hydrogen-bond acceptors (Lipinski definition) is 5. The molecule has 2 rings (SSSR count). The van der Waals surface area contributed by atoms with Gasteiger partial charge in [-0.05, 0) is 37.4 Å². The van der Waals surface area contributed by atoms with Crippen LogP contribution in [0.1, 0.15) is 5.56 Å². The van der Waals surface area contributed by atoms with Crippen molar-refractivity contribution >= 4 is 27.3 Å². The summed E-state index contributed by atoms with van der Waals surface area (Å²) in [6, 6.07) is 17.3. The van der Waals surface area contributed by atoms with Gasteiger partial charge in [0.15, 0.2) is 4.91 Å². The van der Waals surface area contributed by atoms with E-state index in [4.69, 9.17) is 0 Å². The zero-order chi connectivity index (χ0) is 16.9. The van der Waals surface area contributed by atoms with Crippen LogP contribution in [0.3, 0.4) is 0 Å². The number of aryl methyl sites for hydroxylation is 1. The largest absolute Gasteiger partial charge is 0.349 e. The minimum absolute atomic E-state index is 0.105. The number of anilines is 1. The van der Waals surface area contributed by atoms with Crippen LogP contribution in [0.5, 0.6) is 0 Å². The van der Waals surface area contributed by atoms with E-state index in [0.29, 0.717) is 5.03 Å². The van der Waals surface area contributed by atoms with E-state index in [-0.39, 0.29) is 9.80 Å². The van der Waals surface area contributed by atoms with E-state index < -0.39 is 9.84 Å². The fourth-order valence-corrected chi connectivity index (χ4v) is 4.12. The number of rotatable bonds is 5. The van der Waals surface area contributed by atoms with Crippen molar-refractivity contribution in [2.75, 3.05) is 11.6 Å². The Bertz CT molecular complexity index is 850. The van der Waals surface area contributed by atoms with Gasteiger partial charge in [-0.2, -0.15) is 5.26 Å². The standard InChI is InChI=1S/C17H16N2O2S2/c1-13-8-10-14(11-9-13)19-17(22-2)16(12-18)23(20,21)15-6-4-3-5-7-15/h3-11,19H,1-2H3/b17-16+. The summed E-state index contributed by atoms with van der Waals surface area (Å²) >= 11 is 1.19. The molecule has 4 nitrogen and oxygen atoms in total. The van der Waals surface area contributed by atoms with Gasteiger partial charge in [-0.3, -0.25) is 0 Å². The quantitative estimate of drug-likeness (QED) is 0.832. The van der Waals surface area contributed by atoms with Crippen LogP contribution < -0.4 is 5.32 Å². The molecule has 0 aliphatic carbocycles. The third-order valence-corrected chi connectivity index (χ3v) is 5.71. The van der Waals surface area contributed by atoms with Crippen molar-refractivity contribution in [2.24, 2.45) is 0 Å². The fraction of sp³-hybridized carbons (Fsp3) is 0.118. The zero-order valence-electron chi connectivity index (χ0n) is 12.8. The highest BCUT2D eigenvalue weighted by Crippen LogP contribution is 2.27. The first kappa shape index (κ1) is 17.1. The molecule has 0 radical (unpaired) electrons. The lowest BCUT2D eigenvalue weighted by Crippen LogP contribution is -2.09. The van der Waals surface area contributed by atoms with Gasteiger partial charge in [0, 0.05) is 5.69 Å². The Kier molecular flexibility index (Phi) is 5.48. The van der Waals surface area contributed by atoms with E-state index in [0.717, 1.165) is 11.3 Å². The number of allylic oxidation sites excluding steroid dienone is 1. The lowest BCUT2D eigenvalue weighted by Gasteiger charge is -2.12. The minimum Gasteiger partial charge on any atom is -0.349 e. The second kappa shape index (κ2) is 7.36. The normalized spacial score (nSPS) is 12.2. The highest BCUT2D eigenvalue weighted by molar-refractivity contribution is 8.04. The molecular formula is C17H16N2O2S2. The van der Waals surface area contributed by atoms with Gasteiger partial charge in [-0.25, -0.2) is 8.42 Å². The molecule has 0 spiro atoms. The Labute approximate surface area is 140 Å². The summed E-state index contributed by atoms with van der Waals surface area (Å²) in [6.07, 6.45) is 1.73. The first-order chi connectivity index (χ1) is 11.0. The molecule has 0 atom stereocenters. The van der Waals surface area contributed by atoms with Crippen LogP contribution in [-0.4, -0.2) is 14.7 Å². The van der Waals surface area contributed by atoms with Gasteiger partial charge in [0.2, 0.25) is 9.84 Å². The van der Waals surface area contributed by atoms with Crippen LogP contribution in [0, 0.1) is 18.3 Å². The summed E-state index contributed by atoms with van der Waals surface area (Å²) < 4.78 is 25.3. The molecule has 0 amide bonds. The summed E-state index contributed by atoms with van der Waals surface area (Å²) in [5.41, 5.74) is 1.83. The van der Waals surface area contributed by atoms with Gasteiger partial charge >= 0.3 is 0 Å². The highest BCUT2D eigenvalue weighted by Gasteiger charge is 2.24. The molecule has 0 heterocycles. The van der Waals surface area contributed by atoms with Gasteiger partial charge in [0.05, 0.1) is 4.90 Å². The second-order valence-corrected chi connectivity index (χ2v) is 7.48. The number of thioether (sulfide) groups is 1. The van der Waals surface area contributed by atoms with Crippen LogP contribution in [0.4, 0.5) is 5.69 Å². The molecule has 6 heteroatoms. The zero-order valence-corrected chi connectivity index (χ0v) is 14.4. The molecule has 23 heavy (non-hydrogen) atoms. The third kappa shape index (κ3) is 3.95. The summed E-state index contributed by atoms with van der Waals surface area (Å²) in [6.45, 7) is 1.97. The summed E-state index contributed by atoms with van der Waals surface area (Å²) in [5, 5.41) is 12.7. The SMILES string of the molecule is CS/C(Nc1ccc(C)cc1)=C(\C#N)S(=O)(=O)c1ccccc1. The number of nitrogens with zero attached hydrogens (tertiary/aromatic N) is 1. The lowest BCUT2D eigenvalue weighted by molar-refractivity contribution is 0.603. The van der Waals surface area contributed by atoms with Gasteiger partial charge < -0.3 is 5.32 Å². The predicted octanol–water partition coefficient (Wildman–Crippen LogP) is 3.94. The molecule has 1 N–H and O–H groups in total. The molecule has 0 unspecified atom stereocenters. The van der Waals surface area contributed by atoms with Crippen molar-refractivity contribution in [3.8, 4) is 6.07 Å². The minimum atomic E-state index is -3.86. The molecular weight excluding hydrogens is 328 g/mol. The molecule has 0 aliphatic heterocycles. The van der Waals surface area contributed by atoms with Crippen molar-refractivity contribution in [3.63, 3.8) is 0 Å². The average Bonchev–Trinajstić information content (AvgIpc) is 2.57. The molecule has 2 aromatic rings. The van der Waals surface area contributed by atoms with E-state index in [1.165, 1.54) is 23.9 Å². The predicted molar refractivity (Wildman–Crippen MR) is 94.6 cm³/mol. The summed E-state index contributed by atoms with van der Waals surface area (Å²) in [7, 11) is -3.86. The Hall–Kier alpha value is -2.23. The van der Waals surface area contributed by atoms with Crippen LogP contribution >= 0.6 is 11.8 Å². The van der Waals surface area contributed by atoms with E-state index in [1.807, 2.05) is 37.3 Å². The molecule has 0 aliphatic rings. The molecule has 0 aromatic heterocycles. The van der Waals surface area contributed by atoms with Gasteiger partial charge in [-0.15, -0.1) is 11.8 Å². The number of hydrogen-bond donors (Lipinski definition) is 1. The number of sulfone groups is 1. The summed E-state index contributed by atoms with van der Waals surface area (Å²) in [5.74, 6) is 0. The highest BCUT2D eigenvalue weighted by atomic mass is 32.2. The van der Waals surface area contributed by atoms with Crippen molar-refractivity contribution in [2.45, 2.75) is 11.8 Å². The Morgan fingerprint density at radius 3 is 2.22 bits per heavy atom. The van der Waals surface area contributed by atoms with Crippen molar-refractivity contribution < 1.29 is 8.42 Å². The van der Waals surface area contributed by atoms with Crippen molar-refractivity contribution in [1.29, 1.82) is 5.26 Å². The van der Waals surface area contributed by atoms with Gasteiger partial charge in [0.1, 0.15) is 11.1 Å². The monoisotopic (exact) mass is 344 g/mol. The van der Waals surface area contributed by atoms with Gasteiger partial charge in [0.25, 0.3) is 0 Å². The van der Waals surface area contributed by atoms with E-state index in [1.54, 1.807) is 24.5 Å². The van der Waals surface area contributed by atoms with E-state index in [9.17, 15) is 13.7 Å². The molecule has 118 valence electrons. The maximum absolute atomic E-state index is 12.7. The molecule has 0 saturated heterocycles. The Morgan fingerprint density at radius 1 is 1.09 bits per heavy atom. The Morgan fingerprint density at radius 2 is 1.70 bits per heavy atom. The topological polar surface area (TPSA) is 70.0 Å². The lowest BCUT2D eigenvalue weighted by atomic mass is 10.2. The van der Waals surface area contributed by atoms with Gasteiger partial charge in [-0.1, -0.05) is 35.9 Å². The van der Waals surface area contributed by atoms with Crippen LogP contribution in [0.15, 0.2) is 69.4 Å². The average molecular weight is 344 g/mol. The molecule has 0 fully saturated rings. The van der Waals surface area contributed by atoms with Crippen LogP contribution in [0.2, 0.25) is 0 Å². The maximum atomic E-state index is 12.7. The van der Waals surface area contributed by atoms with Crippen LogP contribution in [0.25, 0.3) is 0 Å². The summed E-state index contributed by atoms with van der Waals surface area (Å²) in [4.78, 5) is -0.175. The molecule has 0 saturated carbocycles. The maximum Gasteiger partial charge on any atom is 0.219 e. The smallest absolute Gasteiger partial charge is 0.219 e. The van der Waals surface area contributed by atoms with Crippen molar-refractivity contribution in [1.82, 2.24) is 0 Å². The van der Waals surface area contributed by atoms with E-state index in [2.05, 4.69) is 5.32 Å². The fourth-order valence-electron chi connectivity index (χ4n) is 1.92. The first-order valence-electron chi connectivity index (χ1n) is 6.81. The van der Waals surface area contributed by atoms with Crippen molar-refractivity contribution in [3.05, 3.63) is 70.1 Å². The third-order valence-electron chi connectivity index (χ3n) is 3.14. The second-order valence-electron chi connectivity index (χ2n) is 4.78. The Balaban J connectivity index is 2.48. The number of nitriles is 1. The first-order valence-corrected chi connectivity index (χ1v) is 9.52. The number of nitrogens with one attached hydrogen (secondary N) is 1. The molecule has 2 aromatic carbocycles. The van der Waals surface area contributed by atoms with Crippen LogP contribution in [-0.2, 0) is 9.84 Å². The molecule has 0 bridgehead atoms. The van der Waals surface area contributed by atoms with E-state index >= 15 is 0 Å². The number of benzene rings is 2.